The molecule has 0 aliphatic carbocycles. The second-order valence-electron chi connectivity index (χ2n) is 4.76. The summed E-state index contributed by atoms with van der Waals surface area (Å²) in [7, 11) is 0. The zero-order valence-electron chi connectivity index (χ0n) is 12.0. The number of hydrogen-bond donors (Lipinski definition) is 0. The maximum Gasteiger partial charge on any atom is 0.422 e. The van der Waals surface area contributed by atoms with Gasteiger partial charge in [0.15, 0.2) is 6.61 Å². The maximum absolute atomic E-state index is 12.3. The molecule has 0 saturated heterocycles. The average molecular weight is 334 g/mol. The molecule has 10 heteroatoms. The Labute approximate surface area is 132 Å². The number of ether oxygens (including phenoxy) is 1. The Balaban J connectivity index is 2.02. The van der Waals surface area contributed by atoms with E-state index in [0.29, 0.717) is 16.7 Å². The molecule has 1 aromatic heterocycles. The van der Waals surface area contributed by atoms with Crippen molar-refractivity contribution in [2.45, 2.75) is 6.18 Å². The van der Waals surface area contributed by atoms with E-state index in [1.54, 1.807) is 24.3 Å². The number of nitrogens with zero attached hydrogens (tertiary/aromatic N) is 6. The first-order chi connectivity index (χ1) is 11.4. The first kappa shape index (κ1) is 15.6. The van der Waals surface area contributed by atoms with Crippen LogP contribution in [0.2, 0.25) is 0 Å². The van der Waals surface area contributed by atoms with E-state index >= 15 is 0 Å². The van der Waals surface area contributed by atoms with Crippen LogP contribution in [0, 0.1) is 0 Å². The highest BCUT2D eigenvalue weighted by atomic mass is 19.4. The van der Waals surface area contributed by atoms with Crippen molar-refractivity contribution in [1.82, 2.24) is 15.0 Å². The zero-order valence-corrected chi connectivity index (χ0v) is 12.0. The van der Waals surface area contributed by atoms with Gasteiger partial charge >= 0.3 is 6.18 Å². The summed E-state index contributed by atoms with van der Waals surface area (Å²) < 4.78 is 41.7. The molecule has 0 fully saturated rings. The summed E-state index contributed by atoms with van der Waals surface area (Å²) in [5.41, 5.74) is 10.2. The Hall–Kier alpha value is -3.26. The first-order valence-electron chi connectivity index (χ1n) is 6.67. The van der Waals surface area contributed by atoms with Crippen LogP contribution in [-0.4, -0.2) is 27.8 Å². The van der Waals surface area contributed by atoms with Crippen LogP contribution in [0.15, 0.2) is 47.6 Å². The van der Waals surface area contributed by atoms with Crippen molar-refractivity contribution < 1.29 is 17.9 Å². The van der Waals surface area contributed by atoms with Crippen LogP contribution in [0.4, 0.5) is 18.9 Å². The standard InChI is InChI=1S/C14H9F3N6O/c15-14(16,17)8-24-11-6-9(19-22-18)5-10(7-11)23-20-12-3-1-2-4-13(12)21-23/h1-7H,8H2. The van der Waals surface area contributed by atoms with Gasteiger partial charge in [-0.05, 0) is 29.8 Å². The van der Waals surface area contributed by atoms with Gasteiger partial charge in [-0.2, -0.15) is 18.0 Å². The molecule has 0 saturated carbocycles. The van der Waals surface area contributed by atoms with Gasteiger partial charge in [0.2, 0.25) is 0 Å². The zero-order chi connectivity index (χ0) is 17.2. The molecule has 0 spiro atoms. The van der Waals surface area contributed by atoms with Gasteiger partial charge < -0.3 is 4.74 Å². The molecule has 122 valence electrons. The van der Waals surface area contributed by atoms with Gasteiger partial charge in [0, 0.05) is 16.7 Å². The molecule has 0 aliphatic rings. The van der Waals surface area contributed by atoms with Crippen LogP contribution in [-0.2, 0) is 0 Å². The number of alkyl halides is 3. The highest BCUT2D eigenvalue weighted by Crippen LogP contribution is 2.27. The average Bonchev–Trinajstić information content (AvgIpc) is 2.96. The molecule has 0 amide bonds. The molecule has 0 unspecified atom stereocenters. The first-order valence-corrected chi connectivity index (χ1v) is 6.67. The van der Waals surface area contributed by atoms with Gasteiger partial charge in [0.25, 0.3) is 0 Å². The summed E-state index contributed by atoms with van der Waals surface area (Å²) in [6, 6.07) is 11.1. The van der Waals surface area contributed by atoms with Gasteiger partial charge in [-0.3, -0.25) is 0 Å². The fraction of sp³-hybridized carbons (Fsp3) is 0.143. The van der Waals surface area contributed by atoms with E-state index in [0.717, 1.165) is 0 Å². The third-order valence-corrected chi connectivity index (χ3v) is 2.96. The molecule has 0 atom stereocenters. The third kappa shape index (κ3) is 3.55. The Kier molecular flexibility index (Phi) is 3.97. The molecule has 3 aromatic rings. The lowest BCUT2D eigenvalue weighted by Gasteiger charge is -2.11. The van der Waals surface area contributed by atoms with Crippen molar-refractivity contribution in [2.75, 3.05) is 6.61 Å². The monoisotopic (exact) mass is 334 g/mol. The van der Waals surface area contributed by atoms with Gasteiger partial charge in [-0.25, -0.2) is 0 Å². The predicted octanol–water partition coefficient (Wildman–Crippen LogP) is 4.30. The second-order valence-corrected chi connectivity index (χ2v) is 4.76. The quantitative estimate of drug-likeness (QED) is 0.405. The van der Waals surface area contributed by atoms with Crippen LogP contribution in [0.1, 0.15) is 0 Å². The van der Waals surface area contributed by atoms with Gasteiger partial charge in [0.1, 0.15) is 16.8 Å². The van der Waals surface area contributed by atoms with Crippen LogP contribution >= 0.6 is 0 Å². The van der Waals surface area contributed by atoms with Crippen molar-refractivity contribution in [1.29, 1.82) is 0 Å². The van der Waals surface area contributed by atoms with Crippen molar-refractivity contribution in [2.24, 2.45) is 5.11 Å². The number of aromatic nitrogens is 3. The minimum Gasteiger partial charge on any atom is -0.484 e. The van der Waals surface area contributed by atoms with E-state index in [4.69, 9.17) is 10.3 Å². The number of benzene rings is 2. The molecule has 2 aromatic carbocycles. The molecule has 0 aliphatic heterocycles. The Bertz CT molecular complexity index is 897. The number of halogens is 3. The maximum atomic E-state index is 12.3. The molecule has 24 heavy (non-hydrogen) atoms. The lowest BCUT2D eigenvalue weighted by atomic mass is 10.2. The minimum absolute atomic E-state index is 0.0912. The Morgan fingerprint density at radius 1 is 1.12 bits per heavy atom. The molecular weight excluding hydrogens is 325 g/mol. The summed E-state index contributed by atoms with van der Waals surface area (Å²) in [5.74, 6) is -0.103. The van der Waals surface area contributed by atoms with Crippen molar-refractivity contribution in [3.05, 3.63) is 52.9 Å². The topological polar surface area (TPSA) is 88.7 Å². The molecule has 7 nitrogen and oxygen atoms in total. The van der Waals surface area contributed by atoms with Gasteiger partial charge in [0.05, 0.1) is 5.69 Å². The SMILES string of the molecule is [N-]=[N+]=Nc1cc(OCC(F)(F)F)cc(-n2nc3ccccc3n2)c1. The summed E-state index contributed by atoms with van der Waals surface area (Å²) in [6.07, 6.45) is -4.48. The number of rotatable bonds is 4. The Morgan fingerprint density at radius 3 is 2.38 bits per heavy atom. The van der Waals surface area contributed by atoms with Crippen LogP contribution in [0.5, 0.6) is 5.75 Å². The molecule has 1 heterocycles. The lowest BCUT2D eigenvalue weighted by Crippen LogP contribution is -2.19. The van der Waals surface area contributed by atoms with E-state index in [1.165, 1.54) is 23.0 Å². The lowest BCUT2D eigenvalue weighted by molar-refractivity contribution is -0.153. The predicted molar refractivity (Wildman–Crippen MR) is 79.2 cm³/mol. The second kappa shape index (κ2) is 6.09. The highest BCUT2D eigenvalue weighted by Gasteiger charge is 2.28. The van der Waals surface area contributed by atoms with Crippen LogP contribution < -0.4 is 4.74 Å². The van der Waals surface area contributed by atoms with E-state index in [1.807, 2.05) is 0 Å². The molecular formula is C14H9F3N6O. The Morgan fingerprint density at radius 2 is 1.79 bits per heavy atom. The van der Waals surface area contributed by atoms with Crippen LogP contribution in [0.3, 0.4) is 0 Å². The van der Waals surface area contributed by atoms with Crippen molar-refractivity contribution >= 4 is 16.7 Å². The molecule has 0 bridgehead atoms. The largest absolute Gasteiger partial charge is 0.484 e. The number of azide groups is 1. The van der Waals surface area contributed by atoms with E-state index in [9.17, 15) is 13.2 Å². The van der Waals surface area contributed by atoms with Crippen molar-refractivity contribution in [3.63, 3.8) is 0 Å². The summed E-state index contributed by atoms with van der Waals surface area (Å²) >= 11 is 0. The van der Waals surface area contributed by atoms with Gasteiger partial charge in [-0.1, -0.05) is 17.2 Å². The highest BCUT2D eigenvalue weighted by molar-refractivity contribution is 5.73. The summed E-state index contributed by atoms with van der Waals surface area (Å²) in [5, 5.41) is 11.9. The van der Waals surface area contributed by atoms with E-state index in [2.05, 4.69) is 20.2 Å². The molecule has 3 rings (SSSR count). The fourth-order valence-electron chi connectivity index (χ4n) is 2.02. The van der Waals surface area contributed by atoms with Crippen molar-refractivity contribution in [3.8, 4) is 11.4 Å². The fourth-order valence-corrected chi connectivity index (χ4v) is 2.02. The normalized spacial score (nSPS) is 11.3. The molecule has 0 radical (unpaired) electrons. The van der Waals surface area contributed by atoms with Gasteiger partial charge in [-0.15, -0.1) is 10.2 Å². The summed E-state index contributed by atoms with van der Waals surface area (Å²) in [4.78, 5) is 3.87. The molecule has 0 N–H and O–H groups in total. The minimum atomic E-state index is -4.48. The summed E-state index contributed by atoms with van der Waals surface area (Å²) in [6.45, 7) is -1.46. The number of fused-ring (bicyclic) bond motifs is 1. The smallest absolute Gasteiger partial charge is 0.422 e. The third-order valence-electron chi connectivity index (χ3n) is 2.96. The number of hydrogen-bond acceptors (Lipinski definition) is 4. The van der Waals surface area contributed by atoms with E-state index < -0.39 is 12.8 Å². The van der Waals surface area contributed by atoms with E-state index in [-0.39, 0.29) is 11.4 Å². The van der Waals surface area contributed by atoms with Crippen LogP contribution in [0.25, 0.3) is 27.2 Å².